The van der Waals surface area contributed by atoms with Crippen molar-refractivity contribution in [1.82, 2.24) is 15.1 Å². The zero-order valence-corrected chi connectivity index (χ0v) is 16.8. The molecule has 2 aromatic heterocycles. The maximum Gasteiger partial charge on any atom is 0.260 e. The van der Waals surface area contributed by atoms with E-state index in [1.165, 1.54) is 23.9 Å². The molecule has 0 radical (unpaired) electrons. The molecule has 0 saturated carbocycles. The second-order valence-corrected chi connectivity index (χ2v) is 7.43. The summed E-state index contributed by atoms with van der Waals surface area (Å²) in [5, 5.41) is 7.18. The Kier molecular flexibility index (Phi) is 5.85. The summed E-state index contributed by atoms with van der Waals surface area (Å²) in [4.78, 5) is 21.0. The molecular formula is C22H17FN4O2S. The first-order valence-corrected chi connectivity index (χ1v) is 10.1. The molecule has 1 amide bonds. The quantitative estimate of drug-likeness (QED) is 0.443. The third-order valence-electron chi connectivity index (χ3n) is 4.23. The number of halogens is 1. The van der Waals surface area contributed by atoms with E-state index in [0.717, 1.165) is 11.1 Å². The van der Waals surface area contributed by atoms with Crippen molar-refractivity contribution in [2.75, 3.05) is 11.1 Å². The van der Waals surface area contributed by atoms with Crippen LogP contribution >= 0.6 is 11.8 Å². The topological polar surface area (TPSA) is 80.9 Å². The van der Waals surface area contributed by atoms with Gasteiger partial charge in [0.1, 0.15) is 10.8 Å². The van der Waals surface area contributed by atoms with Gasteiger partial charge in [0.25, 0.3) is 5.89 Å². The summed E-state index contributed by atoms with van der Waals surface area (Å²) in [6, 6.07) is 17.4. The summed E-state index contributed by atoms with van der Waals surface area (Å²) in [6.07, 6.45) is 1.62. The number of rotatable bonds is 6. The molecule has 8 heteroatoms. The van der Waals surface area contributed by atoms with Crippen LogP contribution in [0.3, 0.4) is 0 Å². The predicted octanol–water partition coefficient (Wildman–Crippen LogP) is 4.98. The third-order valence-corrected chi connectivity index (χ3v) is 5.23. The standard InChI is InChI=1S/C22H17FN4O2S/c1-14-8-10-15(11-9-14)20-26-21(29-27-20)16-5-4-12-24-22(16)30-13-19(28)25-18-7-3-2-6-17(18)23/h2-12H,13H2,1H3,(H,25,28). The third kappa shape index (κ3) is 4.55. The highest BCUT2D eigenvalue weighted by Gasteiger charge is 2.16. The van der Waals surface area contributed by atoms with E-state index in [2.05, 4.69) is 20.4 Å². The zero-order valence-electron chi connectivity index (χ0n) is 16.0. The number of hydrogen-bond donors (Lipinski definition) is 1. The molecule has 2 aromatic carbocycles. The number of nitrogens with one attached hydrogen (secondary N) is 1. The van der Waals surface area contributed by atoms with Crippen molar-refractivity contribution in [3.05, 3.63) is 78.2 Å². The first-order valence-electron chi connectivity index (χ1n) is 9.13. The van der Waals surface area contributed by atoms with Crippen molar-refractivity contribution in [2.24, 2.45) is 0 Å². The van der Waals surface area contributed by atoms with E-state index in [9.17, 15) is 9.18 Å². The minimum Gasteiger partial charge on any atom is -0.334 e. The van der Waals surface area contributed by atoms with Crippen LogP contribution in [0.1, 0.15) is 5.56 Å². The molecule has 150 valence electrons. The highest BCUT2D eigenvalue weighted by Crippen LogP contribution is 2.30. The predicted molar refractivity (Wildman–Crippen MR) is 113 cm³/mol. The van der Waals surface area contributed by atoms with Gasteiger partial charge in [-0.1, -0.05) is 58.9 Å². The number of aryl methyl sites for hydroxylation is 1. The van der Waals surface area contributed by atoms with Crippen LogP contribution in [-0.2, 0) is 4.79 Å². The Hall–Kier alpha value is -3.52. The zero-order chi connectivity index (χ0) is 20.9. The molecule has 0 aliphatic heterocycles. The number of aromatic nitrogens is 3. The smallest absolute Gasteiger partial charge is 0.260 e. The molecule has 4 rings (SSSR count). The van der Waals surface area contributed by atoms with Gasteiger partial charge >= 0.3 is 0 Å². The number of hydrogen-bond acceptors (Lipinski definition) is 6. The van der Waals surface area contributed by atoms with E-state index < -0.39 is 5.82 Å². The summed E-state index contributed by atoms with van der Waals surface area (Å²) in [5.41, 5.74) is 2.76. The van der Waals surface area contributed by atoms with Crippen molar-refractivity contribution < 1.29 is 13.7 Å². The van der Waals surface area contributed by atoms with Crippen LogP contribution in [0.15, 0.2) is 76.4 Å². The number of benzene rings is 2. The van der Waals surface area contributed by atoms with Crippen molar-refractivity contribution in [2.45, 2.75) is 11.9 Å². The first-order chi connectivity index (χ1) is 14.6. The van der Waals surface area contributed by atoms with Gasteiger partial charge in [0.15, 0.2) is 0 Å². The highest BCUT2D eigenvalue weighted by molar-refractivity contribution is 8.00. The number of carbonyl (C=O) groups is 1. The van der Waals surface area contributed by atoms with Gasteiger partial charge in [-0.25, -0.2) is 9.37 Å². The molecule has 2 heterocycles. The molecule has 0 atom stereocenters. The second-order valence-electron chi connectivity index (χ2n) is 6.46. The summed E-state index contributed by atoms with van der Waals surface area (Å²) < 4.78 is 19.1. The Labute approximate surface area is 176 Å². The number of amides is 1. The van der Waals surface area contributed by atoms with Crippen LogP contribution in [0.25, 0.3) is 22.8 Å². The number of pyridine rings is 1. The molecule has 0 bridgehead atoms. The van der Waals surface area contributed by atoms with Crippen LogP contribution in [-0.4, -0.2) is 26.8 Å². The lowest BCUT2D eigenvalue weighted by Crippen LogP contribution is -2.15. The molecule has 6 nitrogen and oxygen atoms in total. The van der Waals surface area contributed by atoms with Crippen molar-refractivity contribution >= 4 is 23.4 Å². The molecule has 0 aliphatic rings. The summed E-state index contributed by atoms with van der Waals surface area (Å²) in [5.74, 6) is 0.0198. The number of anilines is 1. The second kappa shape index (κ2) is 8.87. The molecule has 0 fully saturated rings. The SMILES string of the molecule is Cc1ccc(-c2noc(-c3cccnc3SCC(=O)Nc3ccccc3F)n2)cc1. The van der Waals surface area contributed by atoms with E-state index in [0.29, 0.717) is 22.3 Å². The lowest BCUT2D eigenvalue weighted by molar-refractivity contribution is -0.113. The van der Waals surface area contributed by atoms with E-state index in [1.807, 2.05) is 31.2 Å². The minimum absolute atomic E-state index is 0.0529. The summed E-state index contributed by atoms with van der Waals surface area (Å²) in [6.45, 7) is 2.01. The van der Waals surface area contributed by atoms with Crippen molar-refractivity contribution in [3.63, 3.8) is 0 Å². The van der Waals surface area contributed by atoms with E-state index in [1.54, 1.807) is 30.5 Å². The number of para-hydroxylation sites is 1. The molecule has 0 unspecified atom stereocenters. The summed E-state index contributed by atoms with van der Waals surface area (Å²) >= 11 is 1.21. The van der Waals surface area contributed by atoms with Crippen molar-refractivity contribution in [1.29, 1.82) is 0 Å². The van der Waals surface area contributed by atoms with Gasteiger partial charge < -0.3 is 9.84 Å². The Morgan fingerprint density at radius 2 is 1.90 bits per heavy atom. The Morgan fingerprint density at radius 1 is 1.10 bits per heavy atom. The van der Waals surface area contributed by atoms with Gasteiger partial charge in [0.2, 0.25) is 11.7 Å². The fourth-order valence-electron chi connectivity index (χ4n) is 2.70. The number of thioether (sulfide) groups is 1. The normalized spacial score (nSPS) is 10.7. The van der Waals surface area contributed by atoms with Crippen LogP contribution in [0.2, 0.25) is 0 Å². The van der Waals surface area contributed by atoms with Gasteiger partial charge in [-0.05, 0) is 31.2 Å². The largest absolute Gasteiger partial charge is 0.334 e. The Bertz CT molecular complexity index is 1180. The lowest BCUT2D eigenvalue weighted by Gasteiger charge is -2.07. The number of carbonyl (C=O) groups excluding carboxylic acids is 1. The Morgan fingerprint density at radius 3 is 2.70 bits per heavy atom. The van der Waals surface area contributed by atoms with Gasteiger partial charge in [-0.3, -0.25) is 4.79 Å². The van der Waals surface area contributed by atoms with E-state index in [4.69, 9.17) is 4.52 Å². The van der Waals surface area contributed by atoms with Gasteiger partial charge in [-0.2, -0.15) is 4.98 Å². The fourth-order valence-corrected chi connectivity index (χ4v) is 3.49. The first kappa shape index (κ1) is 19.8. The average molecular weight is 420 g/mol. The molecule has 0 spiro atoms. The lowest BCUT2D eigenvalue weighted by atomic mass is 10.1. The van der Waals surface area contributed by atoms with E-state index in [-0.39, 0.29) is 17.3 Å². The van der Waals surface area contributed by atoms with Crippen LogP contribution in [0.5, 0.6) is 0 Å². The van der Waals surface area contributed by atoms with Crippen LogP contribution in [0, 0.1) is 12.7 Å². The van der Waals surface area contributed by atoms with Crippen LogP contribution < -0.4 is 5.32 Å². The van der Waals surface area contributed by atoms with Crippen molar-refractivity contribution in [3.8, 4) is 22.8 Å². The van der Waals surface area contributed by atoms with Gasteiger partial charge in [-0.15, -0.1) is 0 Å². The van der Waals surface area contributed by atoms with E-state index >= 15 is 0 Å². The molecule has 4 aromatic rings. The molecule has 0 aliphatic carbocycles. The van der Waals surface area contributed by atoms with Gasteiger partial charge in [0, 0.05) is 11.8 Å². The highest BCUT2D eigenvalue weighted by atomic mass is 32.2. The molecule has 1 N–H and O–H groups in total. The molecular weight excluding hydrogens is 403 g/mol. The van der Waals surface area contributed by atoms with Crippen LogP contribution in [0.4, 0.5) is 10.1 Å². The number of nitrogens with zero attached hydrogens (tertiary/aromatic N) is 3. The summed E-state index contributed by atoms with van der Waals surface area (Å²) in [7, 11) is 0. The minimum atomic E-state index is -0.483. The molecule has 30 heavy (non-hydrogen) atoms. The van der Waals surface area contributed by atoms with Gasteiger partial charge in [0.05, 0.1) is 17.0 Å². The maximum atomic E-state index is 13.7. The molecule has 0 saturated heterocycles. The monoisotopic (exact) mass is 420 g/mol. The fraction of sp³-hybridized carbons (Fsp3) is 0.0909. The Balaban J connectivity index is 1.48. The average Bonchev–Trinajstić information content (AvgIpc) is 3.25. The maximum absolute atomic E-state index is 13.7.